The van der Waals surface area contributed by atoms with Gasteiger partial charge in [-0.15, -0.1) is 0 Å². The minimum Gasteiger partial charge on any atom is -0.349 e. The van der Waals surface area contributed by atoms with Crippen molar-refractivity contribution in [1.82, 2.24) is 10.6 Å². The van der Waals surface area contributed by atoms with Crippen LogP contribution in [0.3, 0.4) is 0 Å². The van der Waals surface area contributed by atoms with Gasteiger partial charge in [-0.05, 0) is 55.5 Å². The van der Waals surface area contributed by atoms with E-state index < -0.39 is 0 Å². The maximum absolute atomic E-state index is 13.6. The first kappa shape index (κ1) is 15.5. The molecule has 0 spiro atoms. The van der Waals surface area contributed by atoms with Gasteiger partial charge in [-0.1, -0.05) is 31.9 Å². The smallest absolute Gasteiger partial charge is 0.223 e. The first-order valence-electron chi connectivity index (χ1n) is 8.41. The minimum absolute atomic E-state index is 0.0127. The number of hydrogen-bond donors (Lipinski definition) is 2. The Morgan fingerprint density at radius 2 is 2.00 bits per heavy atom. The van der Waals surface area contributed by atoms with Gasteiger partial charge in [0, 0.05) is 5.92 Å². The van der Waals surface area contributed by atoms with E-state index in [-0.39, 0.29) is 23.7 Å². The van der Waals surface area contributed by atoms with E-state index in [0.29, 0.717) is 11.8 Å². The first-order chi connectivity index (χ1) is 10.6. The fourth-order valence-electron chi connectivity index (χ4n) is 3.63. The zero-order valence-electron chi connectivity index (χ0n) is 13.1. The lowest BCUT2D eigenvalue weighted by atomic mass is 9.86. The van der Waals surface area contributed by atoms with Gasteiger partial charge < -0.3 is 10.6 Å². The topological polar surface area (TPSA) is 41.1 Å². The third kappa shape index (κ3) is 3.32. The van der Waals surface area contributed by atoms with Crippen LogP contribution in [-0.4, -0.2) is 19.0 Å². The second-order valence-corrected chi connectivity index (χ2v) is 6.79. The Balaban J connectivity index is 1.74. The molecule has 2 unspecified atom stereocenters. The molecule has 1 aliphatic heterocycles. The summed E-state index contributed by atoms with van der Waals surface area (Å²) in [5, 5.41) is 6.43. The summed E-state index contributed by atoms with van der Waals surface area (Å²) in [6.07, 6.45) is 4.63. The summed E-state index contributed by atoms with van der Waals surface area (Å²) in [7, 11) is 0. The van der Waals surface area contributed by atoms with Gasteiger partial charge >= 0.3 is 0 Å². The summed E-state index contributed by atoms with van der Waals surface area (Å²) < 4.78 is 13.6. The molecule has 2 fully saturated rings. The van der Waals surface area contributed by atoms with Crippen LogP contribution >= 0.6 is 0 Å². The van der Waals surface area contributed by atoms with Gasteiger partial charge in [0.05, 0.1) is 6.04 Å². The quantitative estimate of drug-likeness (QED) is 0.878. The van der Waals surface area contributed by atoms with Crippen LogP contribution in [0.1, 0.15) is 44.2 Å². The van der Waals surface area contributed by atoms with Gasteiger partial charge in [0.15, 0.2) is 0 Å². The number of carbonyl (C=O) groups is 1. The number of nitrogens with one attached hydrogen (secondary N) is 2. The molecule has 2 N–H and O–H groups in total. The molecule has 0 aromatic heterocycles. The third-order valence-corrected chi connectivity index (χ3v) is 5.31. The highest BCUT2D eigenvalue weighted by Crippen LogP contribution is 2.36. The molecule has 3 rings (SSSR count). The van der Waals surface area contributed by atoms with Gasteiger partial charge in [0.2, 0.25) is 5.91 Å². The number of rotatable bonds is 5. The van der Waals surface area contributed by atoms with Gasteiger partial charge in [0.1, 0.15) is 5.82 Å². The number of hydrogen-bond acceptors (Lipinski definition) is 2. The Bertz CT molecular complexity index is 524. The van der Waals surface area contributed by atoms with Crippen molar-refractivity contribution in [2.24, 2.45) is 17.8 Å². The van der Waals surface area contributed by atoms with Crippen molar-refractivity contribution in [3.05, 3.63) is 35.6 Å². The van der Waals surface area contributed by atoms with Crippen molar-refractivity contribution in [3.63, 3.8) is 0 Å². The highest BCUT2D eigenvalue weighted by atomic mass is 19.1. The molecule has 0 radical (unpaired) electrons. The summed E-state index contributed by atoms with van der Waals surface area (Å²) in [6.45, 7) is 3.84. The Labute approximate surface area is 131 Å². The summed E-state index contributed by atoms with van der Waals surface area (Å²) in [5.74, 6) is 0.742. The summed E-state index contributed by atoms with van der Waals surface area (Å²) in [6, 6.07) is 6.64. The van der Waals surface area contributed by atoms with Crippen LogP contribution in [0, 0.1) is 23.6 Å². The summed E-state index contributed by atoms with van der Waals surface area (Å²) in [5.41, 5.74) is 0.902. The van der Waals surface area contributed by atoms with Crippen LogP contribution in [0.25, 0.3) is 0 Å². The Hall–Kier alpha value is -1.42. The molecule has 2 aliphatic rings. The standard InChI is InChI=1S/C18H25FN2O/c1-12(15-10-20-11-15)18(22)21-17(13-5-2-3-6-13)14-7-4-8-16(19)9-14/h4,7-9,12-13,15,17,20H,2-3,5-6,10-11H2,1H3,(H,21,22). The lowest BCUT2D eigenvalue weighted by Crippen LogP contribution is -2.50. The van der Waals surface area contributed by atoms with Crippen molar-refractivity contribution >= 4 is 5.91 Å². The van der Waals surface area contributed by atoms with Crippen LogP contribution in [0.4, 0.5) is 4.39 Å². The lowest BCUT2D eigenvalue weighted by molar-refractivity contribution is -0.127. The molecule has 120 valence electrons. The highest BCUT2D eigenvalue weighted by Gasteiger charge is 2.33. The number of amides is 1. The van der Waals surface area contributed by atoms with E-state index in [9.17, 15) is 9.18 Å². The largest absolute Gasteiger partial charge is 0.349 e. The first-order valence-corrected chi connectivity index (χ1v) is 8.41. The van der Waals surface area contributed by atoms with Crippen LogP contribution in [-0.2, 0) is 4.79 Å². The van der Waals surface area contributed by atoms with Crippen LogP contribution in [0.5, 0.6) is 0 Å². The van der Waals surface area contributed by atoms with Gasteiger partial charge in [-0.25, -0.2) is 4.39 Å². The zero-order chi connectivity index (χ0) is 15.5. The minimum atomic E-state index is -0.231. The third-order valence-electron chi connectivity index (χ3n) is 5.31. The number of carbonyl (C=O) groups excluding carboxylic acids is 1. The fraction of sp³-hybridized carbons (Fsp3) is 0.611. The monoisotopic (exact) mass is 304 g/mol. The van der Waals surface area contributed by atoms with E-state index in [0.717, 1.165) is 31.5 Å². The maximum Gasteiger partial charge on any atom is 0.223 e. The van der Waals surface area contributed by atoms with Crippen LogP contribution in [0.2, 0.25) is 0 Å². The molecule has 1 aromatic rings. The van der Waals surface area contributed by atoms with Gasteiger partial charge in [-0.3, -0.25) is 4.79 Å². The van der Waals surface area contributed by atoms with E-state index >= 15 is 0 Å². The zero-order valence-corrected chi connectivity index (χ0v) is 13.1. The molecule has 0 bridgehead atoms. The molecule has 1 saturated carbocycles. The van der Waals surface area contributed by atoms with Crippen molar-refractivity contribution in [1.29, 1.82) is 0 Å². The molecule has 22 heavy (non-hydrogen) atoms. The Kier molecular flexibility index (Phi) is 4.77. The molecule has 1 heterocycles. The molecule has 1 saturated heterocycles. The van der Waals surface area contributed by atoms with E-state index in [1.807, 2.05) is 13.0 Å². The van der Waals surface area contributed by atoms with Gasteiger partial charge in [0.25, 0.3) is 0 Å². The predicted octanol–water partition coefficient (Wildman–Crippen LogP) is 3.03. The molecular weight excluding hydrogens is 279 g/mol. The van der Waals surface area contributed by atoms with E-state index in [1.165, 1.54) is 18.9 Å². The number of benzene rings is 1. The molecule has 4 heteroatoms. The van der Waals surface area contributed by atoms with Crippen LogP contribution in [0.15, 0.2) is 24.3 Å². The van der Waals surface area contributed by atoms with Crippen molar-refractivity contribution in [2.45, 2.75) is 38.6 Å². The normalized spacial score (nSPS) is 22.1. The Morgan fingerprint density at radius 3 is 2.59 bits per heavy atom. The number of halogens is 1. The fourth-order valence-corrected chi connectivity index (χ4v) is 3.63. The van der Waals surface area contributed by atoms with E-state index in [4.69, 9.17) is 0 Å². The Morgan fingerprint density at radius 1 is 1.27 bits per heavy atom. The lowest BCUT2D eigenvalue weighted by Gasteiger charge is -2.34. The van der Waals surface area contributed by atoms with Crippen molar-refractivity contribution in [3.8, 4) is 0 Å². The molecule has 2 atom stereocenters. The predicted molar refractivity (Wildman–Crippen MR) is 84.8 cm³/mol. The van der Waals surface area contributed by atoms with Crippen molar-refractivity contribution < 1.29 is 9.18 Å². The average Bonchev–Trinajstić information content (AvgIpc) is 2.96. The molecular formula is C18H25FN2O. The maximum atomic E-state index is 13.6. The van der Waals surface area contributed by atoms with E-state index in [2.05, 4.69) is 10.6 Å². The second-order valence-electron chi connectivity index (χ2n) is 6.79. The molecule has 3 nitrogen and oxygen atoms in total. The molecule has 1 aromatic carbocycles. The van der Waals surface area contributed by atoms with Crippen LogP contribution < -0.4 is 10.6 Å². The van der Waals surface area contributed by atoms with E-state index in [1.54, 1.807) is 12.1 Å². The SMILES string of the molecule is CC(C(=O)NC(c1cccc(F)c1)C1CCCC1)C1CNC1. The summed E-state index contributed by atoms with van der Waals surface area (Å²) in [4.78, 5) is 12.6. The van der Waals surface area contributed by atoms with Gasteiger partial charge in [-0.2, -0.15) is 0 Å². The molecule has 1 aliphatic carbocycles. The van der Waals surface area contributed by atoms with Crippen molar-refractivity contribution in [2.75, 3.05) is 13.1 Å². The summed E-state index contributed by atoms with van der Waals surface area (Å²) >= 11 is 0. The highest BCUT2D eigenvalue weighted by molar-refractivity contribution is 5.79. The molecule has 1 amide bonds. The second kappa shape index (κ2) is 6.78. The average molecular weight is 304 g/mol.